The Kier molecular flexibility index (Phi) is 4.16. The van der Waals surface area contributed by atoms with Gasteiger partial charge in [0.05, 0.1) is 23.7 Å². The molecule has 0 aliphatic heterocycles. The number of aromatic nitrogens is 2. The summed E-state index contributed by atoms with van der Waals surface area (Å²) in [6.07, 6.45) is 0. The van der Waals surface area contributed by atoms with E-state index in [4.69, 9.17) is 4.74 Å². The molecular formula is C21H14F2N2O2. The number of H-pyrrole nitrogens is 1. The summed E-state index contributed by atoms with van der Waals surface area (Å²) in [6.45, 7) is 0. The summed E-state index contributed by atoms with van der Waals surface area (Å²) in [5, 5.41) is 0. The lowest BCUT2D eigenvalue weighted by Crippen LogP contribution is -2.00. The summed E-state index contributed by atoms with van der Waals surface area (Å²) in [7, 11) is 1.34. The van der Waals surface area contributed by atoms with Crippen LogP contribution in [0.1, 0.15) is 10.4 Å². The smallest absolute Gasteiger partial charge is 0.337 e. The molecule has 1 aromatic heterocycles. The molecule has 0 aliphatic carbocycles. The van der Waals surface area contributed by atoms with E-state index in [2.05, 4.69) is 9.97 Å². The van der Waals surface area contributed by atoms with Crippen molar-refractivity contribution in [2.24, 2.45) is 0 Å². The molecule has 4 rings (SSSR count). The van der Waals surface area contributed by atoms with Crippen LogP contribution in [0.3, 0.4) is 0 Å². The number of benzene rings is 3. The van der Waals surface area contributed by atoms with Crippen molar-refractivity contribution in [3.05, 3.63) is 77.9 Å². The molecular weight excluding hydrogens is 350 g/mol. The predicted octanol–water partition coefficient (Wildman–Crippen LogP) is 4.96. The van der Waals surface area contributed by atoms with E-state index < -0.39 is 17.6 Å². The number of nitrogens with zero attached hydrogens (tertiary/aromatic N) is 1. The number of rotatable bonds is 3. The van der Waals surface area contributed by atoms with Crippen molar-refractivity contribution in [1.29, 1.82) is 0 Å². The van der Waals surface area contributed by atoms with E-state index in [1.54, 1.807) is 12.1 Å². The molecule has 4 nitrogen and oxygen atoms in total. The van der Waals surface area contributed by atoms with Gasteiger partial charge in [-0.25, -0.2) is 18.6 Å². The van der Waals surface area contributed by atoms with Crippen molar-refractivity contribution >= 4 is 17.0 Å². The number of ether oxygens (including phenoxy) is 1. The van der Waals surface area contributed by atoms with Crippen LogP contribution in [0, 0.1) is 11.6 Å². The maximum absolute atomic E-state index is 13.4. The molecule has 4 aromatic rings. The Bertz CT molecular complexity index is 1110. The van der Waals surface area contributed by atoms with Crippen LogP contribution in [-0.4, -0.2) is 23.0 Å². The lowest BCUT2D eigenvalue weighted by molar-refractivity contribution is 0.0601. The molecule has 0 radical (unpaired) electrons. The van der Waals surface area contributed by atoms with Crippen molar-refractivity contribution in [3.8, 4) is 22.5 Å². The third-order valence-corrected chi connectivity index (χ3v) is 4.30. The van der Waals surface area contributed by atoms with Crippen LogP contribution < -0.4 is 0 Å². The Balaban J connectivity index is 1.71. The van der Waals surface area contributed by atoms with E-state index in [1.165, 1.54) is 7.11 Å². The Morgan fingerprint density at radius 2 is 1.63 bits per heavy atom. The van der Waals surface area contributed by atoms with E-state index in [1.807, 2.05) is 36.4 Å². The fourth-order valence-corrected chi connectivity index (χ4v) is 2.90. The van der Waals surface area contributed by atoms with E-state index in [0.717, 1.165) is 28.8 Å². The minimum atomic E-state index is -0.931. The van der Waals surface area contributed by atoms with Crippen LogP contribution in [0.5, 0.6) is 0 Å². The van der Waals surface area contributed by atoms with Crippen molar-refractivity contribution in [2.45, 2.75) is 0 Å². The van der Waals surface area contributed by atoms with Gasteiger partial charge in [-0.15, -0.1) is 0 Å². The Labute approximate surface area is 153 Å². The highest BCUT2D eigenvalue weighted by molar-refractivity contribution is 5.90. The summed E-state index contributed by atoms with van der Waals surface area (Å²) in [5.74, 6) is -1.72. The van der Waals surface area contributed by atoms with E-state index in [9.17, 15) is 13.6 Å². The molecule has 0 saturated carbocycles. The minimum absolute atomic E-state index is 0.358. The highest BCUT2D eigenvalue weighted by atomic mass is 19.2. The molecule has 0 unspecified atom stereocenters. The van der Waals surface area contributed by atoms with Gasteiger partial charge in [0.25, 0.3) is 0 Å². The number of hydrogen-bond donors (Lipinski definition) is 1. The molecule has 1 N–H and O–H groups in total. The van der Waals surface area contributed by atoms with Gasteiger partial charge in [0.1, 0.15) is 5.82 Å². The molecule has 0 amide bonds. The first-order valence-corrected chi connectivity index (χ1v) is 8.19. The zero-order chi connectivity index (χ0) is 19.0. The van der Waals surface area contributed by atoms with Crippen molar-refractivity contribution in [3.63, 3.8) is 0 Å². The number of esters is 1. The SMILES string of the molecule is COC(=O)c1ccc(-c2cccc(-c3nc4cc(F)c(F)cc4[nH]3)c2)cc1. The van der Waals surface area contributed by atoms with Crippen LogP contribution in [0.15, 0.2) is 60.7 Å². The Morgan fingerprint density at radius 3 is 2.37 bits per heavy atom. The number of nitrogens with one attached hydrogen (secondary N) is 1. The first-order valence-electron chi connectivity index (χ1n) is 8.19. The number of aromatic amines is 1. The molecule has 0 aliphatic rings. The third kappa shape index (κ3) is 3.17. The number of halogens is 2. The van der Waals surface area contributed by atoms with E-state index in [-0.39, 0.29) is 0 Å². The fourth-order valence-electron chi connectivity index (χ4n) is 2.90. The third-order valence-electron chi connectivity index (χ3n) is 4.30. The lowest BCUT2D eigenvalue weighted by atomic mass is 10.0. The largest absolute Gasteiger partial charge is 0.465 e. The van der Waals surface area contributed by atoms with Crippen molar-refractivity contribution in [1.82, 2.24) is 9.97 Å². The number of imidazole rings is 1. The zero-order valence-electron chi connectivity index (χ0n) is 14.3. The van der Waals surface area contributed by atoms with Gasteiger partial charge in [-0.05, 0) is 29.3 Å². The summed E-state index contributed by atoms with van der Waals surface area (Å²) < 4.78 is 31.5. The average molecular weight is 364 g/mol. The van der Waals surface area contributed by atoms with Gasteiger partial charge in [-0.1, -0.05) is 30.3 Å². The quantitative estimate of drug-likeness (QED) is 0.523. The van der Waals surface area contributed by atoms with Crippen LogP contribution >= 0.6 is 0 Å². The monoisotopic (exact) mass is 364 g/mol. The lowest BCUT2D eigenvalue weighted by Gasteiger charge is -2.05. The molecule has 0 spiro atoms. The summed E-state index contributed by atoms with van der Waals surface area (Å²) in [4.78, 5) is 18.9. The second kappa shape index (κ2) is 6.64. The number of methoxy groups -OCH3 is 1. The summed E-state index contributed by atoms with van der Waals surface area (Å²) in [6, 6.07) is 16.8. The summed E-state index contributed by atoms with van der Waals surface area (Å²) in [5.41, 5.74) is 3.87. The van der Waals surface area contributed by atoms with Crippen molar-refractivity contribution < 1.29 is 18.3 Å². The first-order chi connectivity index (χ1) is 13.0. The molecule has 0 bridgehead atoms. The second-order valence-electron chi connectivity index (χ2n) is 6.02. The molecule has 0 atom stereocenters. The highest BCUT2D eigenvalue weighted by Crippen LogP contribution is 2.27. The normalized spacial score (nSPS) is 10.9. The number of hydrogen-bond acceptors (Lipinski definition) is 3. The van der Waals surface area contributed by atoms with Crippen LogP contribution in [-0.2, 0) is 4.74 Å². The molecule has 3 aromatic carbocycles. The van der Waals surface area contributed by atoms with E-state index in [0.29, 0.717) is 22.4 Å². The standard InChI is InChI=1S/C21H14F2N2O2/c1-27-21(26)13-7-5-12(6-8-13)14-3-2-4-15(9-14)20-24-18-10-16(22)17(23)11-19(18)25-20/h2-11H,1H3,(H,24,25). The van der Waals surface area contributed by atoms with Gasteiger partial charge in [0, 0.05) is 17.7 Å². The first kappa shape index (κ1) is 16.9. The highest BCUT2D eigenvalue weighted by Gasteiger charge is 2.11. The van der Waals surface area contributed by atoms with Crippen LogP contribution in [0.25, 0.3) is 33.5 Å². The molecule has 0 saturated heterocycles. The van der Waals surface area contributed by atoms with Crippen molar-refractivity contribution in [2.75, 3.05) is 7.11 Å². The Hall–Kier alpha value is -3.54. The minimum Gasteiger partial charge on any atom is -0.465 e. The van der Waals surface area contributed by atoms with Gasteiger partial charge >= 0.3 is 5.97 Å². The maximum atomic E-state index is 13.4. The van der Waals surface area contributed by atoms with Crippen LogP contribution in [0.2, 0.25) is 0 Å². The Morgan fingerprint density at radius 1 is 0.926 bits per heavy atom. The summed E-state index contributed by atoms with van der Waals surface area (Å²) >= 11 is 0. The number of carbonyl (C=O) groups excluding carboxylic acids is 1. The zero-order valence-corrected chi connectivity index (χ0v) is 14.3. The van der Waals surface area contributed by atoms with Gasteiger partial charge in [0.15, 0.2) is 11.6 Å². The molecule has 6 heteroatoms. The molecule has 134 valence electrons. The average Bonchev–Trinajstić information content (AvgIpc) is 3.10. The number of carbonyl (C=O) groups is 1. The van der Waals surface area contributed by atoms with Gasteiger partial charge in [-0.3, -0.25) is 0 Å². The molecule has 0 fully saturated rings. The van der Waals surface area contributed by atoms with Gasteiger partial charge in [-0.2, -0.15) is 0 Å². The van der Waals surface area contributed by atoms with Gasteiger partial charge < -0.3 is 9.72 Å². The maximum Gasteiger partial charge on any atom is 0.337 e. The van der Waals surface area contributed by atoms with Crippen LogP contribution in [0.4, 0.5) is 8.78 Å². The topological polar surface area (TPSA) is 55.0 Å². The second-order valence-corrected chi connectivity index (χ2v) is 6.02. The molecule has 27 heavy (non-hydrogen) atoms. The molecule has 1 heterocycles. The van der Waals surface area contributed by atoms with E-state index >= 15 is 0 Å². The van der Waals surface area contributed by atoms with Gasteiger partial charge in [0.2, 0.25) is 0 Å². The predicted molar refractivity (Wildman–Crippen MR) is 98.2 cm³/mol. The number of fused-ring (bicyclic) bond motifs is 1. The fraction of sp³-hybridized carbons (Fsp3) is 0.0476.